The van der Waals surface area contributed by atoms with Crippen molar-refractivity contribution >= 4 is 63.4 Å². The number of nitrogens with zero attached hydrogens (tertiary/aromatic N) is 2. The van der Waals surface area contributed by atoms with E-state index in [1.54, 1.807) is 26.0 Å². The summed E-state index contributed by atoms with van der Waals surface area (Å²) in [7, 11) is -8.54. The van der Waals surface area contributed by atoms with Crippen LogP contribution < -0.4 is 21.7 Å². The first-order chi connectivity index (χ1) is 27.2. The largest absolute Gasteiger partial charge is 0.396 e. The third-order valence-corrected chi connectivity index (χ3v) is 13.5. The summed E-state index contributed by atoms with van der Waals surface area (Å²) < 4.78 is 36.5. The molecule has 8 N–H and O–H groups in total. The van der Waals surface area contributed by atoms with Crippen LogP contribution >= 0.6 is 7.60 Å². The predicted molar refractivity (Wildman–Crippen MR) is 212 cm³/mol. The van der Waals surface area contributed by atoms with Gasteiger partial charge >= 0.3 is 7.60 Å². The maximum absolute atomic E-state index is 14.4. The minimum atomic E-state index is -5.04. The number of H-pyrrole nitrogens is 1. The van der Waals surface area contributed by atoms with E-state index in [0.29, 0.717) is 35.9 Å². The van der Waals surface area contributed by atoms with Crippen LogP contribution in [0.5, 0.6) is 0 Å². The Morgan fingerprint density at radius 2 is 1.67 bits per heavy atom. The molecule has 5 rings (SSSR count). The summed E-state index contributed by atoms with van der Waals surface area (Å²) in [5, 5.41) is 7.96. The van der Waals surface area contributed by atoms with Gasteiger partial charge in [-0.2, -0.15) is 0 Å². The summed E-state index contributed by atoms with van der Waals surface area (Å²) >= 11 is 0. The fourth-order valence-corrected chi connectivity index (χ4v) is 8.76. The minimum absolute atomic E-state index is 0.00329. The lowest BCUT2D eigenvalue weighted by molar-refractivity contribution is -0.144. The molecule has 4 atom stereocenters. The molecule has 2 aliphatic rings. The van der Waals surface area contributed by atoms with Crippen LogP contribution in [0.15, 0.2) is 53.4 Å². The third-order valence-electron chi connectivity index (χ3n) is 10.6. The molecule has 20 heteroatoms. The summed E-state index contributed by atoms with van der Waals surface area (Å²) in [5.41, 5.74) is 4.81. The normalized spacial score (nSPS) is 19.7. The van der Waals surface area contributed by atoms with Crippen LogP contribution in [0.2, 0.25) is 0 Å². The molecule has 18 nitrogen and oxygen atoms in total. The van der Waals surface area contributed by atoms with Gasteiger partial charge in [-0.15, -0.1) is 0 Å². The lowest BCUT2D eigenvalue weighted by Gasteiger charge is -2.40. The first kappa shape index (κ1) is 44.2. The molecule has 3 aromatic rings. The number of benzene rings is 2. The molecule has 2 fully saturated rings. The van der Waals surface area contributed by atoms with Gasteiger partial charge in [0.25, 0.3) is 11.4 Å². The molecular weight excluding hydrogens is 793 g/mol. The number of aromatic nitrogens is 1. The second kappa shape index (κ2) is 17.9. The topological polar surface area (TPSA) is 278 Å². The maximum Gasteiger partial charge on any atom is 0.396 e. The lowest BCUT2D eigenvalue weighted by Crippen LogP contribution is -2.62. The molecule has 0 unspecified atom stereocenters. The number of sulfone groups is 1. The first-order valence-corrected chi connectivity index (χ1v) is 22.1. The Bertz CT molecular complexity index is 2240. The standard InChI is InChI=1S/C38H50N7O11PS/c1-21(2)44-16-15-26-8-13-32(36(49)42-29(12-14-33(39)46)34(47)40-19-23-5-9-27(10-6-23)58(55,56)22(3)4)45(26)37(50)31(20-44)43-35(48)30-18-25-17-24(7-11-28(25)41-30)38(51)57(52,53)54/h5-7,9-11,17-18,21-22,26,29,31-32,41H,8,12-16,19-20H2,1-4H3,(H2,39,46)(H,40,47)(H,42,49)(H,43,48)(H2,52,53,54)/t26-,29+,31+,32+/m1/s1. The molecule has 0 bridgehead atoms. The quantitative estimate of drug-likeness (QED) is 0.107. The van der Waals surface area contributed by atoms with Crippen LogP contribution in [0.1, 0.15) is 86.2 Å². The molecule has 1 aromatic heterocycles. The van der Waals surface area contributed by atoms with Crippen molar-refractivity contribution in [1.29, 1.82) is 0 Å². The van der Waals surface area contributed by atoms with Gasteiger partial charge in [-0.05, 0) is 95.3 Å². The van der Waals surface area contributed by atoms with Crippen LogP contribution in [0.4, 0.5) is 0 Å². The van der Waals surface area contributed by atoms with Crippen LogP contribution in [0.3, 0.4) is 0 Å². The fourth-order valence-electron chi connectivity index (χ4n) is 7.23. The Hall–Kier alpha value is -4.94. The highest BCUT2D eigenvalue weighted by Crippen LogP contribution is 2.39. The van der Waals surface area contributed by atoms with Crippen molar-refractivity contribution in [3.8, 4) is 0 Å². The highest BCUT2D eigenvalue weighted by Gasteiger charge is 2.46. The van der Waals surface area contributed by atoms with E-state index < -0.39 is 75.9 Å². The average molecular weight is 844 g/mol. The highest BCUT2D eigenvalue weighted by atomic mass is 32.2. The molecule has 3 heterocycles. The summed E-state index contributed by atoms with van der Waals surface area (Å²) in [6.45, 7) is 7.76. The van der Waals surface area contributed by atoms with E-state index in [1.165, 1.54) is 41.3 Å². The minimum Gasteiger partial charge on any atom is -0.370 e. The molecule has 0 aliphatic carbocycles. The van der Waals surface area contributed by atoms with Crippen molar-refractivity contribution in [2.45, 2.75) is 107 Å². The number of fused-ring (bicyclic) bond motifs is 2. The van der Waals surface area contributed by atoms with Crippen molar-refractivity contribution < 1.29 is 51.5 Å². The fraction of sp³-hybridized carbons (Fsp3) is 0.474. The molecule has 0 radical (unpaired) electrons. The van der Waals surface area contributed by atoms with E-state index in [-0.39, 0.29) is 60.6 Å². The number of nitrogens with one attached hydrogen (secondary N) is 4. The van der Waals surface area contributed by atoms with E-state index in [0.717, 1.165) is 0 Å². The number of carbonyl (C=O) groups is 6. The average Bonchev–Trinajstić information content (AvgIpc) is 3.79. The van der Waals surface area contributed by atoms with Gasteiger partial charge in [0.1, 0.15) is 23.8 Å². The highest BCUT2D eigenvalue weighted by molar-refractivity contribution is 7.92. The number of hydrogen-bond donors (Lipinski definition) is 7. The van der Waals surface area contributed by atoms with Crippen molar-refractivity contribution in [3.63, 3.8) is 0 Å². The zero-order chi connectivity index (χ0) is 42.7. The van der Waals surface area contributed by atoms with Crippen LogP contribution in [-0.4, -0.2) is 117 Å². The van der Waals surface area contributed by atoms with Crippen LogP contribution in [0.25, 0.3) is 10.9 Å². The van der Waals surface area contributed by atoms with Crippen LogP contribution in [0, 0.1) is 0 Å². The SMILES string of the molecule is CC(C)N1CC[C@H]2CC[C@@H](C(=O)N[C@@H](CCC(N)=O)C(=O)NCc3ccc(S(=O)(=O)C(C)C)cc3)N2C(=O)[C@@H](NC(=O)c2cc3cc(C(=O)P(=O)(O)O)ccc3[nH]2)C1. The Morgan fingerprint density at radius 3 is 2.29 bits per heavy atom. The lowest BCUT2D eigenvalue weighted by atomic mass is 10.1. The maximum atomic E-state index is 14.4. The first-order valence-electron chi connectivity index (χ1n) is 19.0. The predicted octanol–water partition coefficient (Wildman–Crippen LogP) is 1.31. The van der Waals surface area contributed by atoms with Crippen molar-refractivity contribution in [2.75, 3.05) is 13.1 Å². The zero-order valence-electron chi connectivity index (χ0n) is 32.6. The summed E-state index contributed by atoms with van der Waals surface area (Å²) in [5.74, 6) is -3.10. The number of rotatable bonds is 15. The summed E-state index contributed by atoms with van der Waals surface area (Å²) in [4.78, 5) is 105. The van der Waals surface area contributed by atoms with E-state index >= 15 is 0 Å². The molecule has 2 aromatic carbocycles. The molecule has 0 saturated carbocycles. The summed E-state index contributed by atoms with van der Waals surface area (Å²) in [6, 6.07) is 7.66. The van der Waals surface area contributed by atoms with E-state index in [2.05, 4.69) is 25.8 Å². The number of carbonyl (C=O) groups excluding carboxylic acids is 6. The van der Waals surface area contributed by atoms with Crippen molar-refractivity contribution in [2.24, 2.45) is 5.73 Å². The van der Waals surface area contributed by atoms with Crippen molar-refractivity contribution in [1.82, 2.24) is 30.7 Å². The van der Waals surface area contributed by atoms with Gasteiger partial charge in [0, 0.05) is 54.6 Å². The monoisotopic (exact) mass is 843 g/mol. The van der Waals surface area contributed by atoms with Gasteiger partial charge < -0.3 is 41.4 Å². The molecule has 58 heavy (non-hydrogen) atoms. The van der Waals surface area contributed by atoms with Crippen LogP contribution in [-0.2, 0) is 40.1 Å². The second-order valence-electron chi connectivity index (χ2n) is 15.3. The van der Waals surface area contributed by atoms with E-state index in [4.69, 9.17) is 5.73 Å². The number of amides is 5. The number of hydrogen-bond acceptors (Lipinski definition) is 10. The van der Waals surface area contributed by atoms with Gasteiger partial charge in [0.05, 0.1) is 10.1 Å². The van der Waals surface area contributed by atoms with Gasteiger partial charge in [-0.25, -0.2) is 8.42 Å². The van der Waals surface area contributed by atoms with E-state index in [9.17, 15) is 51.5 Å². The van der Waals surface area contributed by atoms with Gasteiger partial charge in [-0.1, -0.05) is 12.1 Å². The molecule has 2 aliphatic heterocycles. The third kappa shape index (κ3) is 10.2. The second-order valence-corrected chi connectivity index (χ2v) is 19.3. The molecule has 0 spiro atoms. The smallest absolute Gasteiger partial charge is 0.370 e. The Labute approximate surface area is 335 Å². The Morgan fingerprint density at radius 1 is 0.983 bits per heavy atom. The number of primary amides is 1. The molecule has 2 saturated heterocycles. The molecule has 314 valence electrons. The van der Waals surface area contributed by atoms with Gasteiger partial charge in [-0.3, -0.25) is 38.2 Å². The van der Waals surface area contributed by atoms with Crippen molar-refractivity contribution in [3.05, 3.63) is 65.4 Å². The number of aromatic amines is 1. The van der Waals surface area contributed by atoms with E-state index in [1.807, 2.05) is 13.8 Å². The van der Waals surface area contributed by atoms with Gasteiger partial charge in [0.2, 0.25) is 23.6 Å². The number of nitrogens with two attached hydrogens (primary N) is 1. The zero-order valence-corrected chi connectivity index (χ0v) is 34.3. The van der Waals surface area contributed by atoms with Gasteiger partial charge in [0.15, 0.2) is 9.84 Å². The Kier molecular flexibility index (Phi) is 13.6. The summed E-state index contributed by atoms with van der Waals surface area (Å²) in [6.07, 6.45) is 0.968. The Balaban J connectivity index is 1.32. The molecular formula is C38H50N7O11PS. The molecule has 5 amide bonds.